The summed E-state index contributed by atoms with van der Waals surface area (Å²) in [5, 5.41) is 3.28. The average Bonchev–Trinajstić information content (AvgIpc) is 2.57. The molecule has 1 aliphatic heterocycles. The van der Waals surface area contributed by atoms with Crippen LogP contribution in [-0.4, -0.2) is 37.0 Å². The van der Waals surface area contributed by atoms with Crippen molar-refractivity contribution in [3.63, 3.8) is 0 Å². The van der Waals surface area contributed by atoms with E-state index in [9.17, 15) is 4.79 Å². The zero-order valence-electron chi connectivity index (χ0n) is 11.1. The molecule has 2 fully saturated rings. The molecule has 3 nitrogen and oxygen atoms in total. The number of carbonyl (C=O) groups is 1. The molecule has 0 aromatic carbocycles. The Balaban J connectivity index is 1.78. The van der Waals surface area contributed by atoms with Gasteiger partial charge >= 0.3 is 0 Å². The van der Waals surface area contributed by atoms with Gasteiger partial charge < -0.3 is 10.2 Å². The molecule has 1 atom stereocenters. The molecule has 1 saturated carbocycles. The van der Waals surface area contributed by atoms with Gasteiger partial charge in [0.15, 0.2) is 0 Å². The van der Waals surface area contributed by atoms with E-state index in [1.165, 1.54) is 44.9 Å². The smallest absolute Gasteiger partial charge is 0.224 e. The fourth-order valence-electron chi connectivity index (χ4n) is 3.12. The second kappa shape index (κ2) is 6.39. The van der Waals surface area contributed by atoms with Crippen LogP contribution < -0.4 is 5.32 Å². The lowest BCUT2D eigenvalue weighted by atomic mass is 9.96. The van der Waals surface area contributed by atoms with E-state index < -0.39 is 0 Å². The lowest BCUT2D eigenvalue weighted by Crippen LogP contribution is -2.44. The van der Waals surface area contributed by atoms with E-state index in [-0.39, 0.29) is 5.92 Å². The third-order valence-corrected chi connectivity index (χ3v) is 4.20. The average molecular weight is 238 g/mol. The van der Waals surface area contributed by atoms with Crippen LogP contribution in [0.25, 0.3) is 0 Å². The zero-order chi connectivity index (χ0) is 12.1. The van der Waals surface area contributed by atoms with E-state index >= 15 is 0 Å². The van der Waals surface area contributed by atoms with Crippen LogP contribution in [0.5, 0.6) is 0 Å². The number of rotatable bonds is 2. The Morgan fingerprint density at radius 2 is 1.76 bits per heavy atom. The Hall–Kier alpha value is -0.570. The summed E-state index contributed by atoms with van der Waals surface area (Å²) in [5.74, 6) is 0.542. The zero-order valence-corrected chi connectivity index (χ0v) is 11.1. The van der Waals surface area contributed by atoms with Gasteiger partial charge in [-0.15, -0.1) is 0 Å². The number of hydrogen-bond acceptors (Lipinski definition) is 2. The van der Waals surface area contributed by atoms with Crippen molar-refractivity contribution in [1.82, 2.24) is 10.2 Å². The van der Waals surface area contributed by atoms with Gasteiger partial charge in [-0.3, -0.25) is 4.79 Å². The van der Waals surface area contributed by atoms with Crippen LogP contribution in [0, 0.1) is 5.92 Å². The highest BCUT2D eigenvalue weighted by Crippen LogP contribution is 2.19. The number of carbonyl (C=O) groups excluding carboxylic acids is 1. The van der Waals surface area contributed by atoms with Crippen LogP contribution in [0.3, 0.4) is 0 Å². The van der Waals surface area contributed by atoms with E-state index in [0.29, 0.717) is 11.9 Å². The predicted molar refractivity (Wildman–Crippen MR) is 69.9 cm³/mol. The quantitative estimate of drug-likeness (QED) is 0.748. The van der Waals surface area contributed by atoms with Crippen molar-refractivity contribution in [1.29, 1.82) is 0 Å². The first-order valence-corrected chi connectivity index (χ1v) is 7.24. The molecule has 0 aromatic rings. The van der Waals surface area contributed by atoms with Crippen molar-refractivity contribution in [2.45, 2.75) is 57.4 Å². The van der Waals surface area contributed by atoms with E-state index in [1.54, 1.807) is 0 Å². The Kier molecular flexibility index (Phi) is 4.84. The van der Waals surface area contributed by atoms with Gasteiger partial charge in [0.1, 0.15) is 0 Å². The summed E-state index contributed by atoms with van der Waals surface area (Å²) in [6, 6.07) is 0.456. The molecule has 2 rings (SSSR count). The molecule has 17 heavy (non-hydrogen) atoms. The highest BCUT2D eigenvalue weighted by atomic mass is 16.2. The summed E-state index contributed by atoms with van der Waals surface area (Å²) in [6.45, 7) is 2.09. The van der Waals surface area contributed by atoms with Gasteiger partial charge in [-0.1, -0.05) is 25.7 Å². The molecular formula is C14H26N2O. The monoisotopic (exact) mass is 238 g/mol. The second-order valence-corrected chi connectivity index (χ2v) is 5.80. The third kappa shape index (κ3) is 3.98. The minimum Gasteiger partial charge on any atom is -0.353 e. The molecule has 3 heteroatoms. The lowest BCUT2D eigenvalue weighted by molar-refractivity contribution is -0.127. The minimum atomic E-state index is 0.233. The van der Waals surface area contributed by atoms with Crippen molar-refractivity contribution in [2.24, 2.45) is 5.92 Å². The summed E-state index contributed by atoms with van der Waals surface area (Å²) < 4.78 is 0. The van der Waals surface area contributed by atoms with Crippen LogP contribution in [-0.2, 0) is 4.79 Å². The first-order valence-electron chi connectivity index (χ1n) is 7.24. The number of nitrogens with zero attached hydrogens (tertiary/aromatic N) is 1. The number of hydrogen-bond donors (Lipinski definition) is 1. The summed E-state index contributed by atoms with van der Waals surface area (Å²) in [4.78, 5) is 14.5. The van der Waals surface area contributed by atoms with Gasteiger partial charge in [-0.25, -0.2) is 0 Å². The first kappa shape index (κ1) is 12.9. The molecule has 1 heterocycles. The highest BCUT2D eigenvalue weighted by molar-refractivity contribution is 5.79. The maximum atomic E-state index is 12.2. The second-order valence-electron chi connectivity index (χ2n) is 5.80. The van der Waals surface area contributed by atoms with Gasteiger partial charge in [-0.05, 0) is 39.3 Å². The van der Waals surface area contributed by atoms with Gasteiger partial charge in [0.25, 0.3) is 0 Å². The fourth-order valence-corrected chi connectivity index (χ4v) is 3.12. The molecule has 2 aliphatic rings. The van der Waals surface area contributed by atoms with Gasteiger partial charge in [-0.2, -0.15) is 0 Å². The van der Waals surface area contributed by atoms with E-state index in [1.807, 2.05) is 0 Å². The summed E-state index contributed by atoms with van der Waals surface area (Å²) >= 11 is 0. The van der Waals surface area contributed by atoms with Crippen LogP contribution in [0.15, 0.2) is 0 Å². The lowest BCUT2D eigenvalue weighted by Gasteiger charge is -2.30. The summed E-state index contributed by atoms with van der Waals surface area (Å²) in [7, 11) is 2.12. The largest absolute Gasteiger partial charge is 0.353 e. The molecule has 1 N–H and O–H groups in total. The van der Waals surface area contributed by atoms with Crippen LogP contribution in [0.4, 0.5) is 0 Å². The summed E-state index contributed by atoms with van der Waals surface area (Å²) in [6.07, 6.45) is 9.88. The molecule has 0 aromatic heterocycles. The molecule has 0 spiro atoms. The maximum absolute atomic E-state index is 12.2. The number of likely N-dealkylation sites (tertiary alicyclic amines) is 1. The SMILES string of the molecule is CN1CCC[C@H](C(=O)NC2CCCCCC2)C1. The Morgan fingerprint density at radius 3 is 2.41 bits per heavy atom. The van der Waals surface area contributed by atoms with Gasteiger partial charge in [0.05, 0.1) is 5.92 Å². The van der Waals surface area contributed by atoms with Crippen molar-refractivity contribution < 1.29 is 4.79 Å². The van der Waals surface area contributed by atoms with Gasteiger partial charge in [0.2, 0.25) is 5.91 Å². The molecule has 0 unspecified atom stereocenters. The maximum Gasteiger partial charge on any atom is 0.224 e. The van der Waals surface area contributed by atoms with E-state index in [0.717, 1.165) is 19.5 Å². The van der Waals surface area contributed by atoms with Crippen LogP contribution >= 0.6 is 0 Å². The van der Waals surface area contributed by atoms with Crippen molar-refractivity contribution in [3.05, 3.63) is 0 Å². The van der Waals surface area contributed by atoms with Crippen LogP contribution in [0.1, 0.15) is 51.4 Å². The van der Waals surface area contributed by atoms with Crippen molar-refractivity contribution in [3.8, 4) is 0 Å². The highest BCUT2D eigenvalue weighted by Gasteiger charge is 2.25. The van der Waals surface area contributed by atoms with Crippen molar-refractivity contribution >= 4 is 5.91 Å². The number of nitrogens with one attached hydrogen (secondary N) is 1. The fraction of sp³-hybridized carbons (Fsp3) is 0.929. The normalized spacial score (nSPS) is 28.6. The number of piperidine rings is 1. The number of amides is 1. The molecule has 1 aliphatic carbocycles. The Bertz CT molecular complexity index is 247. The standard InChI is InChI=1S/C14H26N2O/c1-16-10-6-7-12(11-16)14(17)15-13-8-4-2-3-5-9-13/h12-13H,2-11H2,1H3,(H,15,17)/t12-/m0/s1. The first-order chi connectivity index (χ1) is 8.25. The third-order valence-electron chi connectivity index (χ3n) is 4.20. The Labute approximate surface area is 105 Å². The van der Waals surface area contributed by atoms with E-state index in [2.05, 4.69) is 17.3 Å². The molecule has 98 valence electrons. The minimum absolute atomic E-state index is 0.233. The van der Waals surface area contributed by atoms with Crippen LogP contribution in [0.2, 0.25) is 0 Å². The molecule has 1 amide bonds. The molecular weight excluding hydrogens is 212 g/mol. The molecule has 0 radical (unpaired) electrons. The molecule has 1 saturated heterocycles. The van der Waals surface area contributed by atoms with Crippen molar-refractivity contribution in [2.75, 3.05) is 20.1 Å². The van der Waals surface area contributed by atoms with Gasteiger partial charge in [0, 0.05) is 12.6 Å². The van der Waals surface area contributed by atoms with E-state index in [4.69, 9.17) is 0 Å². The Morgan fingerprint density at radius 1 is 1.06 bits per heavy atom. The summed E-state index contributed by atoms with van der Waals surface area (Å²) in [5.41, 5.74) is 0. The molecule has 0 bridgehead atoms. The topological polar surface area (TPSA) is 32.3 Å². The predicted octanol–water partition coefficient (Wildman–Crippen LogP) is 2.17.